The first-order valence-corrected chi connectivity index (χ1v) is 8.35. The molecule has 3 aromatic heterocycles. The summed E-state index contributed by atoms with van der Waals surface area (Å²) in [6.07, 6.45) is 5.89. The molecular formula is C17H12N6S. The molecule has 0 aliphatic carbocycles. The summed E-state index contributed by atoms with van der Waals surface area (Å²) in [5, 5.41) is 4.26. The Kier molecular flexibility index (Phi) is 2.99. The standard InChI is InChI=1S/C17H12N6S/c1-2-11-15(18-5-1)23-14(21-11)9-10-3-4-13-12(8-10)22-16-17(24-13)20-7-6-19-16/h1-8H,9H2,(H,19,22)(H,18,21,23). The van der Waals surface area contributed by atoms with Gasteiger partial charge in [-0.05, 0) is 29.8 Å². The van der Waals surface area contributed by atoms with E-state index in [0.717, 1.165) is 44.8 Å². The van der Waals surface area contributed by atoms with Crippen LogP contribution in [0, 0.1) is 0 Å². The highest BCUT2D eigenvalue weighted by molar-refractivity contribution is 7.99. The maximum absolute atomic E-state index is 4.54. The molecule has 0 saturated carbocycles. The summed E-state index contributed by atoms with van der Waals surface area (Å²) in [5.74, 6) is 1.72. The van der Waals surface area contributed by atoms with Crippen LogP contribution in [0.2, 0.25) is 0 Å². The summed E-state index contributed by atoms with van der Waals surface area (Å²) in [5.41, 5.74) is 3.94. The zero-order valence-corrected chi connectivity index (χ0v) is 13.3. The minimum Gasteiger partial charge on any atom is -0.340 e. The third-order valence-electron chi connectivity index (χ3n) is 3.85. The van der Waals surface area contributed by atoms with Gasteiger partial charge in [0.1, 0.15) is 10.9 Å². The van der Waals surface area contributed by atoms with Crippen LogP contribution in [-0.4, -0.2) is 24.9 Å². The lowest BCUT2D eigenvalue weighted by atomic mass is 10.1. The quantitative estimate of drug-likeness (QED) is 0.515. The number of pyridine rings is 1. The summed E-state index contributed by atoms with van der Waals surface area (Å²) in [7, 11) is 0. The number of aromatic nitrogens is 5. The second-order valence-corrected chi connectivity index (χ2v) is 6.53. The normalized spacial score (nSPS) is 12.5. The van der Waals surface area contributed by atoms with Gasteiger partial charge in [0.05, 0.1) is 11.2 Å². The minimum atomic E-state index is 0.726. The SMILES string of the molecule is c1cnc2nc(Cc3ccc4c(c3)Nc3nccnc3S4)[nH]c2c1. The Labute approximate surface area is 141 Å². The van der Waals surface area contributed by atoms with Gasteiger partial charge in [0.15, 0.2) is 11.5 Å². The minimum absolute atomic E-state index is 0.726. The maximum atomic E-state index is 4.54. The van der Waals surface area contributed by atoms with E-state index in [4.69, 9.17) is 0 Å². The maximum Gasteiger partial charge on any atom is 0.177 e. The van der Waals surface area contributed by atoms with Gasteiger partial charge in [0.25, 0.3) is 0 Å². The molecule has 0 fully saturated rings. The number of H-pyrrole nitrogens is 1. The number of hydrogen-bond donors (Lipinski definition) is 2. The number of fused-ring (bicyclic) bond motifs is 3. The zero-order valence-electron chi connectivity index (χ0n) is 12.5. The first kappa shape index (κ1) is 13.5. The fraction of sp³-hybridized carbons (Fsp3) is 0.0588. The molecule has 0 bridgehead atoms. The van der Waals surface area contributed by atoms with Gasteiger partial charge in [0, 0.05) is 29.9 Å². The van der Waals surface area contributed by atoms with Gasteiger partial charge in [-0.15, -0.1) is 0 Å². The Bertz CT molecular complexity index is 1020. The molecule has 0 unspecified atom stereocenters. The predicted molar refractivity (Wildman–Crippen MR) is 92.6 cm³/mol. The summed E-state index contributed by atoms with van der Waals surface area (Å²) in [4.78, 5) is 22.0. The molecule has 0 atom stereocenters. The number of aromatic amines is 1. The smallest absolute Gasteiger partial charge is 0.177 e. The van der Waals surface area contributed by atoms with Crippen molar-refractivity contribution in [2.75, 3.05) is 5.32 Å². The average molecular weight is 332 g/mol. The molecule has 6 nitrogen and oxygen atoms in total. The number of benzene rings is 1. The van der Waals surface area contributed by atoms with E-state index in [9.17, 15) is 0 Å². The van der Waals surface area contributed by atoms with E-state index in [1.807, 2.05) is 12.1 Å². The molecule has 0 saturated heterocycles. The Morgan fingerprint density at radius 3 is 2.92 bits per heavy atom. The van der Waals surface area contributed by atoms with E-state index in [1.54, 1.807) is 30.4 Å². The van der Waals surface area contributed by atoms with E-state index in [1.165, 1.54) is 5.56 Å². The third-order valence-corrected chi connectivity index (χ3v) is 4.91. The number of rotatable bonds is 2. The Hall–Kier alpha value is -2.93. The molecule has 0 spiro atoms. The Morgan fingerprint density at radius 1 is 1.00 bits per heavy atom. The average Bonchev–Trinajstić information content (AvgIpc) is 3.02. The van der Waals surface area contributed by atoms with Crippen LogP contribution in [0.4, 0.5) is 11.5 Å². The Morgan fingerprint density at radius 2 is 1.96 bits per heavy atom. The fourth-order valence-corrected chi connectivity index (χ4v) is 3.64. The Balaban J connectivity index is 1.46. The molecule has 1 aliphatic heterocycles. The van der Waals surface area contributed by atoms with Crippen LogP contribution < -0.4 is 5.32 Å². The summed E-state index contributed by atoms with van der Waals surface area (Å²) < 4.78 is 0. The highest BCUT2D eigenvalue weighted by atomic mass is 32.2. The first-order valence-electron chi connectivity index (χ1n) is 7.53. The van der Waals surface area contributed by atoms with E-state index >= 15 is 0 Å². The van der Waals surface area contributed by atoms with Gasteiger partial charge >= 0.3 is 0 Å². The molecule has 24 heavy (non-hydrogen) atoms. The lowest BCUT2D eigenvalue weighted by Crippen LogP contribution is -2.04. The van der Waals surface area contributed by atoms with Gasteiger partial charge in [-0.1, -0.05) is 17.8 Å². The van der Waals surface area contributed by atoms with Crippen molar-refractivity contribution in [2.45, 2.75) is 16.3 Å². The van der Waals surface area contributed by atoms with Gasteiger partial charge in [-0.25, -0.2) is 19.9 Å². The van der Waals surface area contributed by atoms with Crippen LogP contribution in [0.3, 0.4) is 0 Å². The van der Waals surface area contributed by atoms with E-state index < -0.39 is 0 Å². The van der Waals surface area contributed by atoms with Crippen LogP contribution in [0.5, 0.6) is 0 Å². The van der Waals surface area contributed by atoms with Crippen LogP contribution in [0.1, 0.15) is 11.4 Å². The molecule has 116 valence electrons. The van der Waals surface area contributed by atoms with Crippen molar-refractivity contribution >= 4 is 34.4 Å². The van der Waals surface area contributed by atoms with Crippen molar-refractivity contribution in [1.82, 2.24) is 24.9 Å². The van der Waals surface area contributed by atoms with Crippen molar-refractivity contribution in [3.8, 4) is 0 Å². The molecule has 1 aromatic carbocycles. The molecule has 4 heterocycles. The molecular weight excluding hydrogens is 320 g/mol. The monoisotopic (exact) mass is 332 g/mol. The largest absolute Gasteiger partial charge is 0.340 e. The lowest BCUT2D eigenvalue weighted by Gasteiger charge is -2.19. The number of nitrogens with one attached hydrogen (secondary N) is 2. The molecule has 7 heteroatoms. The molecule has 5 rings (SSSR count). The van der Waals surface area contributed by atoms with E-state index in [2.05, 4.69) is 48.4 Å². The highest BCUT2D eigenvalue weighted by Gasteiger charge is 2.18. The van der Waals surface area contributed by atoms with Crippen LogP contribution in [0.15, 0.2) is 58.8 Å². The summed E-state index contributed by atoms with van der Waals surface area (Å²) in [6.45, 7) is 0. The predicted octanol–water partition coefficient (Wildman–Crippen LogP) is 3.55. The van der Waals surface area contributed by atoms with Crippen LogP contribution in [-0.2, 0) is 6.42 Å². The van der Waals surface area contributed by atoms with Crippen LogP contribution in [0.25, 0.3) is 11.2 Å². The second kappa shape index (κ2) is 5.31. The van der Waals surface area contributed by atoms with Gasteiger partial charge < -0.3 is 10.3 Å². The second-order valence-electron chi connectivity index (χ2n) is 5.50. The number of nitrogens with zero attached hydrogens (tertiary/aromatic N) is 4. The molecule has 0 amide bonds. The van der Waals surface area contributed by atoms with Crippen LogP contribution >= 0.6 is 11.8 Å². The number of imidazole rings is 1. The van der Waals surface area contributed by atoms with Crippen molar-refractivity contribution in [2.24, 2.45) is 0 Å². The van der Waals surface area contributed by atoms with Crippen molar-refractivity contribution in [3.05, 3.63) is 60.3 Å². The highest BCUT2D eigenvalue weighted by Crippen LogP contribution is 2.42. The zero-order chi connectivity index (χ0) is 15.9. The van der Waals surface area contributed by atoms with Gasteiger partial charge in [0.2, 0.25) is 0 Å². The number of hydrogen-bond acceptors (Lipinski definition) is 6. The van der Waals surface area contributed by atoms with Crippen molar-refractivity contribution < 1.29 is 0 Å². The first-order chi connectivity index (χ1) is 11.8. The topological polar surface area (TPSA) is 79.4 Å². The molecule has 4 aromatic rings. The molecule has 2 N–H and O–H groups in total. The molecule has 1 aliphatic rings. The van der Waals surface area contributed by atoms with Crippen molar-refractivity contribution in [3.63, 3.8) is 0 Å². The third kappa shape index (κ3) is 2.30. The van der Waals surface area contributed by atoms with E-state index in [0.29, 0.717) is 0 Å². The number of anilines is 2. The van der Waals surface area contributed by atoms with Gasteiger partial charge in [-0.2, -0.15) is 0 Å². The fourth-order valence-electron chi connectivity index (χ4n) is 2.76. The summed E-state index contributed by atoms with van der Waals surface area (Å²) in [6, 6.07) is 10.3. The van der Waals surface area contributed by atoms with Gasteiger partial charge in [-0.3, -0.25) is 0 Å². The van der Waals surface area contributed by atoms with Crippen molar-refractivity contribution in [1.29, 1.82) is 0 Å². The van der Waals surface area contributed by atoms with E-state index in [-0.39, 0.29) is 0 Å². The summed E-state index contributed by atoms with van der Waals surface area (Å²) >= 11 is 1.63. The lowest BCUT2D eigenvalue weighted by molar-refractivity contribution is 1.02. The molecule has 0 radical (unpaired) electrons.